The van der Waals surface area contributed by atoms with E-state index in [-0.39, 0.29) is 46.3 Å². The lowest BCUT2D eigenvalue weighted by atomic mass is 10.2. The van der Waals surface area contributed by atoms with Crippen molar-refractivity contribution in [3.05, 3.63) is 84.9 Å². The molecule has 264 valence electrons. The number of benzene rings is 4. The average molecular weight is 736 g/mol. The highest BCUT2D eigenvalue weighted by Crippen LogP contribution is 2.35. The summed E-state index contributed by atoms with van der Waals surface area (Å²) in [5.74, 6) is 0.585. The smallest absolute Gasteiger partial charge is 0.320 e. The van der Waals surface area contributed by atoms with Gasteiger partial charge in [-0.3, -0.25) is 9.11 Å². The lowest BCUT2D eigenvalue weighted by Gasteiger charge is -2.14. The normalized spacial score (nSPS) is 11.9. The molecule has 0 spiro atoms. The first-order valence-corrected chi connectivity index (χ1v) is 17.7. The number of hydrogen-bond acceptors (Lipinski definition) is 16. The molecular formula is C31H29N9O9S2. The summed E-state index contributed by atoms with van der Waals surface area (Å²) in [6, 6.07) is 19.6. The Morgan fingerprint density at radius 1 is 0.588 bits per heavy atom. The molecule has 0 saturated carbocycles. The van der Waals surface area contributed by atoms with Crippen molar-refractivity contribution >= 4 is 66.3 Å². The van der Waals surface area contributed by atoms with Crippen molar-refractivity contribution in [1.82, 2.24) is 15.0 Å². The highest BCUT2D eigenvalue weighted by atomic mass is 32.2. The maximum absolute atomic E-state index is 11.4. The third-order valence-corrected chi connectivity index (χ3v) is 8.14. The minimum absolute atomic E-state index is 0.0436. The number of aromatic nitrogens is 3. The lowest BCUT2D eigenvalue weighted by Crippen LogP contribution is -2.05. The third-order valence-electron chi connectivity index (χ3n) is 6.44. The van der Waals surface area contributed by atoms with Gasteiger partial charge in [-0.2, -0.15) is 52.2 Å². The van der Waals surface area contributed by atoms with Crippen molar-refractivity contribution in [1.29, 1.82) is 0 Å². The fraction of sp³-hybridized carbons (Fsp3) is 0.129. The van der Waals surface area contributed by atoms with Gasteiger partial charge in [0.15, 0.2) is 0 Å². The standard InChI is InChI=1S/C31H29N9O9S2/c1-3-48-27-17-21(39-37-19-7-5-9-23(15-19)50(42,43)44)11-13-25(27)32-29-34-30(36-31(41)35-29)33-26-14-12-22(18-28(26)49-4-2)40-38-20-8-6-10-24(16-20)51(45,46)47/h5-18H,3-4H2,1-2H3,(H,42,43,44)(H,45,46,47)(H3,32,33,34,35,36,41)/b39-37+,40-38+. The zero-order chi connectivity index (χ0) is 36.6. The van der Waals surface area contributed by atoms with Crippen molar-refractivity contribution in [2.24, 2.45) is 20.5 Å². The maximum atomic E-state index is 11.4. The molecule has 1 aromatic heterocycles. The second kappa shape index (κ2) is 15.6. The number of rotatable bonds is 14. The van der Waals surface area contributed by atoms with Gasteiger partial charge >= 0.3 is 6.01 Å². The van der Waals surface area contributed by atoms with Crippen LogP contribution < -0.4 is 20.1 Å². The van der Waals surface area contributed by atoms with Gasteiger partial charge < -0.3 is 25.2 Å². The fourth-order valence-corrected chi connectivity index (χ4v) is 5.30. The first kappa shape index (κ1) is 36.2. The molecule has 20 heteroatoms. The molecule has 0 fully saturated rings. The van der Waals surface area contributed by atoms with Crippen LogP contribution in [0.2, 0.25) is 0 Å². The number of aromatic hydroxyl groups is 1. The molecule has 0 bridgehead atoms. The van der Waals surface area contributed by atoms with E-state index in [2.05, 4.69) is 46.0 Å². The van der Waals surface area contributed by atoms with E-state index in [0.29, 0.717) is 34.2 Å². The number of azo groups is 2. The molecule has 1 heterocycles. The summed E-state index contributed by atoms with van der Waals surface area (Å²) in [6.45, 7) is 4.13. The van der Waals surface area contributed by atoms with Gasteiger partial charge in [0.2, 0.25) is 11.9 Å². The zero-order valence-electron chi connectivity index (χ0n) is 26.7. The predicted octanol–water partition coefficient (Wildman–Crippen LogP) is 7.19. The van der Waals surface area contributed by atoms with Crippen LogP contribution in [-0.4, -0.2) is 59.2 Å². The van der Waals surface area contributed by atoms with Gasteiger partial charge in [0.1, 0.15) is 11.5 Å². The quantitative estimate of drug-likeness (QED) is 0.0559. The molecule has 0 aliphatic rings. The molecule has 5 rings (SSSR count). The summed E-state index contributed by atoms with van der Waals surface area (Å²) in [6.07, 6.45) is 0. The van der Waals surface area contributed by atoms with E-state index < -0.39 is 26.2 Å². The number of anilines is 4. The van der Waals surface area contributed by atoms with E-state index in [9.17, 15) is 31.0 Å². The first-order chi connectivity index (χ1) is 24.3. The van der Waals surface area contributed by atoms with E-state index in [1.54, 1.807) is 50.2 Å². The van der Waals surface area contributed by atoms with Crippen LogP contribution in [0.15, 0.2) is 115 Å². The first-order valence-electron chi connectivity index (χ1n) is 14.8. The summed E-state index contributed by atoms with van der Waals surface area (Å²) in [5, 5.41) is 32.6. The monoisotopic (exact) mass is 735 g/mol. The van der Waals surface area contributed by atoms with Crippen LogP contribution >= 0.6 is 0 Å². The molecule has 18 nitrogen and oxygen atoms in total. The van der Waals surface area contributed by atoms with Crippen LogP contribution in [0.4, 0.5) is 46.0 Å². The Balaban J connectivity index is 1.35. The molecule has 0 aliphatic heterocycles. The Hall–Kier alpha value is -6.09. The topological polar surface area (TPSA) is 260 Å². The predicted molar refractivity (Wildman–Crippen MR) is 184 cm³/mol. The zero-order valence-corrected chi connectivity index (χ0v) is 28.4. The SMILES string of the molecule is CCOc1cc(/N=N/c2cccc(S(=O)(=O)O)c2)ccc1Nc1nc(O)nc(Nc2ccc(/N=N/c3cccc(S(=O)(=O)O)c3)cc2OCC)n1. The molecule has 5 N–H and O–H groups in total. The number of nitrogens with zero attached hydrogens (tertiary/aromatic N) is 7. The van der Waals surface area contributed by atoms with E-state index >= 15 is 0 Å². The van der Waals surface area contributed by atoms with Crippen molar-refractivity contribution in [2.45, 2.75) is 23.6 Å². The molecule has 0 saturated heterocycles. The van der Waals surface area contributed by atoms with Gasteiger partial charge in [0.25, 0.3) is 20.2 Å². The van der Waals surface area contributed by atoms with Gasteiger partial charge in [-0.1, -0.05) is 12.1 Å². The molecule has 0 atom stereocenters. The van der Waals surface area contributed by atoms with Gasteiger partial charge in [-0.05, 0) is 74.5 Å². The number of ether oxygens (including phenoxy) is 2. The van der Waals surface area contributed by atoms with Crippen LogP contribution in [0.25, 0.3) is 0 Å². The van der Waals surface area contributed by atoms with Gasteiger partial charge in [-0.25, -0.2) is 0 Å². The third kappa shape index (κ3) is 9.98. The summed E-state index contributed by atoms with van der Waals surface area (Å²) < 4.78 is 75.8. The highest BCUT2D eigenvalue weighted by Gasteiger charge is 2.14. The number of hydrogen-bond donors (Lipinski definition) is 5. The van der Waals surface area contributed by atoms with Crippen LogP contribution in [0.5, 0.6) is 17.5 Å². The van der Waals surface area contributed by atoms with Gasteiger partial charge in [0, 0.05) is 12.1 Å². The Morgan fingerprint density at radius 2 is 0.980 bits per heavy atom. The second-order valence-electron chi connectivity index (χ2n) is 10.1. The van der Waals surface area contributed by atoms with Gasteiger partial charge in [0.05, 0.1) is 57.1 Å². The van der Waals surface area contributed by atoms with Crippen molar-refractivity contribution in [3.8, 4) is 17.5 Å². The van der Waals surface area contributed by atoms with E-state index in [4.69, 9.17) is 9.47 Å². The minimum Gasteiger partial charge on any atom is -0.492 e. The Bertz CT molecular complexity index is 2180. The van der Waals surface area contributed by atoms with Crippen LogP contribution in [-0.2, 0) is 20.2 Å². The second-order valence-corrected chi connectivity index (χ2v) is 12.9. The summed E-state index contributed by atoms with van der Waals surface area (Å²) >= 11 is 0. The summed E-state index contributed by atoms with van der Waals surface area (Å²) in [5.41, 5.74) is 1.93. The highest BCUT2D eigenvalue weighted by molar-refractivity contribution is 7.86. The minimum atomic E-state index is -4.41. The Morgan fingerprint density at radius 3 is 1.35 bits per heavy atom. The lowest BCUT2D eigenvalue weighted by molar-refractivity contribution is 0.342. The molecule has 0 amide bonds. The van der Waals surface area contributed by atoms with Crippen LogP contribution in [0, 0.1) is 0 Å². The van der Waals surface area contributed by atoms with E-state index in [0.717, 1.165) is 0 Å². The van der Waals surface area contributed by atoms with Crippen molar-refractivity contribution in [3.63, 3.8) is 0 Å². The van der Waals surface area contributed by atoms with Crippen LogP contribution in [0.3, 0.4) is 0 Å². The summed E-state index contributed by atoms with van der Waals surface area (Å²) in [7, 11) is -8.81. The largest absolute Gasteiger partial charge is 0.492 e. The molecule has 51 heavy (non-hydrogen) atoms. The molecule has 5 aromatic rings. The molecule has 0 aliphatic carbocycles. The average Bonchev–Trinajstić information content (AvgIpc) is 3.08. The van der Waals surface area contributed by atoms with E-state index in [1.165, 1.54) is 48.5 Å². The molecule has 4 aromatic carbocycles. The van der Waals surface area contributed by atoms with E-state index in [1.807, 2.05) is 0 Å². The van der Waals surface area contributed by atoms with Crippen molar-refractivity contribution in [2.75, 3.05) is 23.8 Å². The van der Waals surface area contributed by atoms with Gasteiger partial charge in [-0.15, -0.1) is 0 Å². The molecular weight excluding hydrogens is 707 g/mol. The summed E-state index contributed by atoms with van der Waals surface area (Å²) in [4.78, 5) is 11.6. The molecule has 0 unspecified atom stereocenters. The number of nitrogens with one attached hydrogen (secondary N) is 2. The molecule has 0 radical (unpaired) electrons. The van der Waals surface area contributed by atoms with Crippen LogP contribution in [0.1, 0.15) is 13.8 Å². The fourth-order valence-electron chi connectivity index (χ4n) is 4.26. The Kier molecular flexibility index (Phi) is 11.1. The van der Waals surface area contributed by atoms with Crippen molar-refractivity contribution < 1.29 is 40.5 Å². The maximum Gasteiger partial charge on any atom is 0.320 e. The Labute approximate surface area is 291 Å².